The Bertz CT molecular complexity index is 485. The van der Waals surface area contributed by atoms with Gasteiger partial charge in [0, 0.05) is 20.1 Å². The molecule has 4 atom stereocenters. The Morgan fingerprint density at radius 2 is 1.47 bits per heavy atom. The molecule has 0 spiro atoms. The van der Waals surface area contributed by atoms with Gasteiger partial charge >= 0.3 is 0 Å². The van der Waals surface area contributed by atoms with E-state index in [1.807, 2.05) is 0 Å². The second-order valence-corrected chi connectivity index (χ2v) is 9.95. The highest BCUT2D eigenvalue weighted by atomic mass is 16.6. The van der Waals surface area contributed by atoms with Crippen LogP contribution in [0.15, 0.2) is 0 Å². The molecule has 3 N–H and O–H groups in total. The Kier molecular flexibility index (Phi) is 14.5. The van der Waals surface area contributed by atoms with Crippen LogP contribution in [0.3, 0.4) is 0 Å². The summed E-state index contributed by atoms with van der Waals surface area (Å²) in [6.45, 7) is 0.393. The smallest absolute Gasteiger partial charge is 0.219 e. The number of aliphatic hydroxyl groups is 2. The highest BCUT2D eigenvalue weighted by Gasteiger charge is 2.43. The molecule has 1 saturated carbocycles. The topological polar surface area (TPSA) is 88.0 Å². The third-order valence-electron chi connectivity index (χ3n) is 7.09. The Labute approximate surface area is 195 Å². The zero-order valence-electron chi connectivity index (χ0n) is 20.4. The summed E-state index contributed by atoms with van der Waals surface area (Å²) in [6, 6.07) is 0. The van der Waals surface area contributed by atoms with Gasteiger partial charge in [0.15, 0.2) is 0 Å². The summed E-state index contributed by atoms with van der Waals surface area (Å²) in [5, 5.41) is 22.3. The van der Waals surface area contributed by atoms with Gasteiger partial charge in [-0.3, -0.25) is 4.79 Å². The molecule has 0 aromatic rings. The van der Waals surface area contributed by atoms with E-state index >= 15 is 0 Å². The van der Waals surface area contributed by atoms with E-state index in [-0.39, 0.29) is 18.6 Å². The molecule has 188 valence electrons. The van der Waals surface area contributed by atoms with E-state index < -0.39 is 18.3 Å². The van der Waals surface area contributed by atoms with Crippen LogP contribution < -0.4 is 5.32 Å². The summed E-state index contributed by atoms with van der Waals surface area (Å²) < 4.78 is 11.0. The average molecular weight is 456 g/mol. The van der Waals surface area contributed by atoms with Crippen LogP contribution in [0.4, 0.5) is 0 Å². The summed E-state index contributed by atoms with van der Waals surface area (Å²) in [5.41, 5.74) is 0. The summed E-state index contributed by atoms with van der Waals surface area (Å²) in [5.74, 6) is 1.22. The van der Waals surface area contributed by atoms with Gasteiger partial charge in [0.05, 0.1) is 12.7 Å². The van der Waals surface area contributed by atoms with Gasteiger partial charge in [-0.15, -0.1) is 0 Å². The summed E-state index contributed by atoms with van der Waals surface area (Å²) in [6.07, 6.45) is 19.0. The van der Waals surface area contributed by atoms with Gasteiger partial charge in [-0.1, -0.05) is 83.5 Å². The molecule has 2 rings (SSSR count). The van der Waals surface area contributed by atoms with Gasteiger partial charge in [-0.2, -0.15) is 0 Å². The van der Waals surface area contributed by atoms with Crippen molar-refractivity contribution in [3.8, 4) is 0 Å². The largest absolute Gasteiger partial charge is 0.394 e. The van der Waals surface area contributed by atoms with Gasteiger partial charge < -0.3 is 25.0 Å². The van der Waals surface area contributed by atoms with Crippen LogP contribution in [0.5, 0.6) is 0 Å². The number of amides is 1. The van der Waals surface area contributed by atoms with E-state index in [0.29, 0.717) is 19.4 Å². The van der Waals surface area contributed by atoms with Gasteiger partial charge in [0.1, 0.15) is 18.3 Å². The fourth-order valence-electron chi connectivity index (χ4n) is 4.82. The SMILES string of the molecule is CO[C@@H]1[C@H](O)[C@@H](CO)O[C@H]1CCCNC(=O)CCCCCCCCCCCCCC1CC1. The van der Waals surface area contributed by atoms with Gasteiger partial charge in [0.25, 0.3) is 0 Å². The van der Waals surface area contributed by atoms with Crippen molar-refractivity contribution in [3.05, 3.63) is 0 Å². The molecular weight excluding hydrogens is 406 g/mol. The maximum absolute atomic E-state index is 12.0. The highest BCUT2D eigenvalue weighted by Crippen LogP contribution is 2.34. The molecule has 1 aliphatic heterocycles. The average Bonchev–Trinajstić information content (AvgIpc) is 3.56. The molecule has 0 aromatic heterocycles. The number of hydrogen-bond donors (Lipinski definition) is 3. The summed E-state index contributed by atoms with van der Waals surface area (Å²) in [7, 11) is 1.55. The molecule has 0 unspecified atom stereocenters. The number of rotatable bonds is 20. The predicted octanol–water partition coefficient (Wildman–Crippen LogP) is 4.50. The van der Waals surface area contributed by atoms with Crippen LogP contribution in [0.25, 0.3) is 0 Å². The van der Waals surface area contributed by atoms with Crippen LogP contribution in [-0.2, 0) is 14.3 Å². The van der Waals surface area contributed by atoms with Gasteiger partial charge in [0.2, 0.25) is 5.91 Å². The Balaban J connectivity index is 1.32. The standard InChI is InChI=1S/C26H49NO5/c1-31-26-22(32-23(20-28)25(26)30)15-13-19-27-24(29)16-12-10-8-6-4-2-3-5-7-9-11-14-21-17-18-21/h21-23,25-26,28,30H,2-20H2,1H3,(H,27,29)/t22-,23+,25+,26-/m0/s1. The lowest BCUT2D eigenvalue weighted by atomic mass is 10.0. The summed E-state index contributed by atoms with van der Waals surface area (Å²) >= 11 is 0. The lowest BCUT2D eigenvalue weighted by Gasteiger charge is -2.18. The monoisotopic (exact) mass is 455 g/mol. The third-order valence-corrected chi connectivity index (χ3v) is 7.09. The van der Waals surface area contributed by atoms with Crippen molar-refractivity contribution in [3.63, 3.8) is 0 Å². The van der Waals surface area contributed by atoms with Gasteiger partial charge in [-0.05, 0) is 25.2 Å². The van der Waals surface area contributed by atoms with E-state index in [2.05, 4.69) is 5.32 Å². The molecule has 1 aliphatic carbocycles. The summed E-state index contributed by atoms with van der Waals surface area (Å²) in [4.78, 5) is 12.0. The molecule has 0 bridgehead atoms. The maximum atomic E-state index is 12.0. The van der Waals surface area contributed by atoms with Crippen LogP contribution in [0.1, 0.15) is 109 Å². The minimum Gasteiger partial charge on any atom is -0.394 e. The minimum absolute atomic E-state index is 0.121. The van der Waals surface area contributed by atoms with E-state index in [9.17, 15) is 15.0 Å². The van der Waals surface area contributed by atoms with Crippen molar-refractivity contribution in [2.45, 2.75) is 134 Å². The Hall–Kier alpha value is -0.690. The van der Waals surface area contributed by atoms with E-state index in [1.54, 1.807) is 7.11 Å². The fraction of sp³-hybridized carbons (Fsp3) is 0.962. The molecule has 6 nitrogen and oxygen atoms in total. The second kappa shape index (κ2) is 16.9. The molecule has 2 aliphatic rings. The first-order valence-corrected chi connectivity index (χ1v) is 13.4. The highest BCUT2D eigenvalue weighted by molar-refractivity contribution is 5.75. The minimum atomic E-state index is -0.800. The van der Waals surface area contributed by atoms with Crippen LogP contribution in [0.2, 0.25) is 0 Å². The second-order valence-electron chi connectivity index (χ2n) is 9.95. The Morgan fingerprint density at radius 1 is 0.875 bits per heavy atom. The number of carbonyl (C=O) groups excluding carboxylic acids is 1. The molecule has 0 aromatic carbocycles. The van der Waals surface area contributed by atoms with Crippen molar-refractivity contribution < 1.29 is 24.5 Å². The lowest BCUT2D eigenvalue weighted by Crippen LogP contribution is -2.35. The normalized spacial score (nSPS) is 25.3. The number of aliphatic hydroxyl groups excluding tert-OH is 2. The third kappa shape index (κ3) is 11.4. The number of ether oxygens (including phenoxy) is 2. The van der Waals surface area contributed by atoms with Crippen molar-refractivity contribution in [1.82, 2.24) is 5.32 Å². The quantitative estimate of drug-likeness (QED) is 0.235. The molecule has 1 saturated heterocycles. The Morgan fingerprint density at radius 3 is 2.03 bits per heavy atom. The van der Waals surface area contributed by atoms with E-state index in [1.165, 1.54) is 77.0 Å². The van der Waals surface area contributed by atoms with Crippen molar-refractivity contribution in [2.24, 2.45) is 5.92 Å². The van der Waals surface area contributed by atoms with E-state index in [4.69, 9.17) is 9.47 Å². The molecule has 2 fully saturated rings. The molecule has 6 heteroatoms. The number of methoxy groups -OCH3 is 1. The number of unbranched alkanes of at least 4 members (excludes halogenated alkanes) is 10. The van der Waals surface area contributed by atoms with Crippen LogP contribution in [0, 0.1) is 5.92 Å². The number of carbonyl (C=O) groups is 1. The van der Waals surface area contributed by atoms with E-state index in [0.717, 1.165) is 25.2 Å². The molecule has 32 heavy (non-hydrogen) atoms. The molecule has 1 amide bonds. The van der Waals surface area contributed by atoms with Gasteiger partial charge in [-0.25, -0.2) is 0 Å². The van der Waals surface area contributed by atoms with Crippen LogP contribution >= 0.6 is 0 Å². The molecule has 0 radical (unpaired) electrons. The maximum Gasteiger partial charge on any atom is 0.219 e. The van der Waals surface area contributed by atoms with Crippen molar-refractivity contribution in [1.29, 1.82) is 0 Å². The lowest BCUT2D eigenvalue weighted by molar-refractivity contribution is -0.121. The number of hydrogen-bond acceptors (Lipinski definition) is 5. The predicted molar refractivity (Wildman–Crippen MR) is 128 cm³/mol. The van der Waals surface area contributed by atoms with Crippen molar-refractivity contribution in [2.75, 3.05) is 20.3 Å². The first-order valence-electron chi connectivity index (χ1n) is 13.4. The zero-order chi connectivity index (χ0) is 23.0. The van der Waals surface area contributed by atoms with Crippen molar-refractivity contribution >= 4 is 5.91 Å². The zero-order valence-corrected chi connectivity index (χ0v) is 20.4. The molecule has 1 heterocycles. The molecular formula is C26H49NO5. The first kappa shape index (κ1) is 27.6. The fourth-order valence-corrected chi connectivity index (χ4v) is 4.82. The van der Waals surface area contributed by atoms with Crippen LogP contribution in [-0.4, -0.2) is 60.8 Å². The first-order chi connectivity index (χ1) is 15.7. The number of nitrogens with one attached hydrogen (secondary N) is 1.